The minimum absolute atomic E-state index is 0.00491. The predicted octanol–water partition coefficient (Wildman–Crippen LogP) is -0.244. The van der Waals surface area contributed by atoms with E-state index in [2.05, 4.69) is 14.7 Å². The van der Waals surface area contributed by atoms with E-state index < -0.39 is 5.97 Å². The second kappa shape index (κ2) is 3.77. The van der Waals surface area contributed by atoms with Crippen molar-refractivity contribution < 1.29 is 14.6 Å². The summed E-state index contributed by atoms with van der Waals surface area (Å²) in [5.74, 6) is -0.589. The van der Waals surface area contributed by atoms with Gasteiger partial charge >= 0.3 is 5.97 Å². The molecule has 0 saturated carbocycles. The second-order valence-corrected chi connectivity index (χ2v) is 2.06. The summed E-state index contributed by atoms with van der Waals surface area (Å²) in [6.45, 7) is -0.137. The molecule has 0 radical (unpaired) electrons. The quantitative estimate of drug-likeness (QED) is 0.617. The molecular formula is C7H8N2O3. The minimum atomic E-state index is -0.584. The lowest BCUT2D eigenvalue weighted by molar-refractivity contribution is 0.0586. The van der Waals surface area contributed by atoms with Gasteiger partial charge < -0.3 is 9.84 Å². The number of hydrogen-bond donors (Lipinski definition) is 1. The molecule has 0 unspecified atom stereocenters. The zero-order valence-corrected chi connectivity index (χ0v) is 6.52. The van der Waals surface area contributed by atoms with Crippen molar-refractivity contribution in [2.45, 2.75) is 6.61 Å². The zero-order valence-electron chi connectivity index (χ0n) is 6.52. The van der Waals surface area contributed by atoms with Crippen LogP contribution in [0.1, 0.15) is 16.2 Å². The van der Waals surface area contributed by atoms with Crippen LogP contribution < -0.4 is 0 Å². The van der Waals surface area contributed by atoms with E-state index in [0.29, 0.717) is 5.56 Å². The third kappa shape index (κ3) is 1.76. The number of carbonyl (C=O) groups is 1. The first-order chi connectivity index (χ1) is 5.77. The van der Waals surface area contributed by atoms with Gasteiger partial charge in [0.25, 0.3) is 0 Å². The molecule has 0 amide bonds. The molecule has 1 rings (SSSR count). The molecule has 0 aromatic carbocycles. The van der Waals surface area contributed by atoms with Crippen molar-refractivity contribution >= 4 is 5.97 Å². The molecule has 12 heavy (non-hydrogen) atoms. The maximum atomic E-state index is 10.8. The van der Waals surface area contributed by atoms with Crippen molar-refractivity contribution in [2.24, 2.45) is 0 Å². The molecule has 0 fully saturated rings. The third-order valence-electron chi connectivity index (χ3n) is 1.26. The van der Waals surface area contributed by atoms with Gasteiger partial charge in [-0.25, -0.2) is 14.8 Å². The summed E-state index contributed by atoms with van der Waals surface area (Å²) in [4.78, 5) is 18.2. The second-order valence-electron chi connectivity index (χ2n) is 2.06. The summed E-state index contributed by atoms with van der Waals surface area (Å²) in [5.41, 5.74) is 0.558. The molecule has 1 aromatic heterocycles. The van der Waals surface area contributed by atoms with Crippen LogP contribution in [0.5, 0.6) is 0 Å². The van der Waals surface area contributed by atoms with Crippen molar-refractivity contribution in [3.8, 4) is 0 Å². The number of aliphatic hydroxyl groups excluding tert-OH is 1. The number of ether oxygens (including phenoxy) is 1. The molecule has 5 heteroatoms. The lowest BCUT2D eigenvalue weighted by atomic mass is 10.4. The molecule has 1 N–H and O–H groups in total. The van der Waals surface area contributed by atoms with Gasteiger partial charge in [-0.1, -0.05) is 0 Å². The van der Waals surface area contributed by atoms with E-state index in [9.17, 15) is 4.79 Å². The highest BCUT2D eigenvalue weighted by Crippen LogP contribution is 1.96. The predicted molar refractivity (Wildman–Crippen MR) is 39.3 cm³/mol. The fourth-order valence-corrected chi connectivity index (χ4v) is 0.633. The average molecular weight is 168 g/mol. The topological polar surface area (TPSA) is 72.3 Å². The van der Waals surface area contributed by atoms with Crippen LogP contribution in [0.2, 0.25) is 0 Å². The summed E-state index contributed by atoms with van der Waals surface area (Å²) in [6.07, 6.45) is 2.75. The SMILES string of the molecule is COC(=O)c1ncc(CO)cn1. The monoisotopic (exact) mass is 168 g/mol. The van der Waals surface area contributed by atoms with Crippen LogP contribution in [0.15, 0.2) is 12.4 Å². The Bertz CT molecular complexity index is 270. The molecule has 0 aliphatic carbocycles. The number of methoxy groups -OCH3 is 1. The van der Waals surface area contributed by atoms with E-state index >= 15 is 0 Å². The minimum Gasteiger partial charge on any atom is -0.463 e. The number of hydrogen-bond acceptors (Lipinski definition) is 5. The van der Waals surface area contributed by atoms with Crippen molar-refractivity contribution in [1.82, 2.24) is 9.97 Å². The summed E-state index contributed by atoms with van der Waals surface area (Å²) in [7, 11) is 1.26. The summed E-state index contributed by atoms with van der Waals surface area (Å²) in [5, 5.41) is 8.63. The Kier molecular flexibility index (Phi) is 2.71. The number of carbonyl (C=O) groups excluding carboxylic acids is 1. The summed E-state index contributed by atoms with van der Waals surface area (Å²) >= 11 is 0. The lowest BCUT2D eigenvalue weighted by Crippen LogP contribution is -2.07. The molecule has 0 aliphatic rings. The maximum Gasteiger partial charge on any atom is 0.376 e. The van der Waals surface area contributed by atoms with Crippen molar-refractivity contribution in [2.75, 3.05) is 7.11 Å². The summed E-state index contributed by atoms with van der Waals surface area (Å²) in [6, 6.07) is 0. The van der Waals surface area contributed by atoms with E-state index in [4.69, 9.17) is 5.11 Å². The van der Waals surface area contributed by atoms with Crippen molar-refractivity contribution in [3.63, 3.8) is 0 Å². The first kappa shape index (κ1) is 8.61. The zero-order chi connectivity index (χ0) is 8.97. The largest absolute Gasteiger partial charge is 0.463 e. The molecule has 1 heterocycles. The van der Waals surface area contributed by atoms with Gasteiger partial charge in [0.05, 0.1) is 13.7 Å². The smallest absolute Gasteiger partial charge is 0.376 e. The highest BCUT2D eigenvalue weighted by Gasteiger charge is 2.07. The van der Waals surface area contributed by atoms with E-state index in [1.165, 1.54) is 19.5 Å². The molecule has 0 saturated heterocycles. The standard InChI is InChI=1S/C7H8N2O3/c1-12-7(11)6-8-2-5(4-10)3-9-6/h2-3,10H,4H2,1H3. The molecule has 0 spiro atoms. The Hall–Kier alpha value is -1.49. The van der Waals surface area contributed by atoms with Crippen molar-refractivity contribution in [3.05, 3.63) is 23.8 Å². The van der Waals surface area contributed by atoms with Crippen LogP contribution in [0.3, 0.4) is 0 Å². The van der Waals surface area contributed by atoms with Gasteiger partial charge in [0.2, 0.25) is 5.82 Å². The number of aliphatic hydroxyl groups is 1. The maximum absolute atomic E-state index is 10.8. The highest BCUT2D eigenvalue weighted by atomic mass is 16.5. The van der Waals surface area contributed by atoms with Gasteiger partial charge in [0.1, 0.15) is 0 Å². The Balaban J connectivity index is 2.84. The Morgan fingerprint density at radius 1 is 1.58 bits per heavy atom. The van der Waals surface area contributed by atoms with Crippen LogP contribution in [-0.4, -0.2) is 28.2 Å². The van der Waals surface area contributed by atoms with Crippen LogP contribution in [-0.2, 0) is 11.3 Å². The van der Waals surface area contributed by atoms with Gasteiger partial charge in [0, 0.05) is 18.0 Å². The molecule has 0 aliphatic heterocycles. The molecule has 1 aromatic rings. The molecule has 64 valence electrons. The van der Waals surface area contributed by atoms with E-state index in [1.54, 1.807) is 0 Å². The first-order valence-corrected chi connectivity index (χ1v) is 3.28. The number of aromatic nitrogens is 2. The van der Waals surface area contributed by atoms with Gasteiger partial charge in [0.15, 0.2) is 0 Å². The molecular weight excluding hydrogens is 160 g/mol. The molecule has 0 atom stereocenters. The average Bonchev–Trinajstić information content (AvgIpc) is 2.17. The van der Waals surface area contributed by atoms with Crippen LogP contribution >= 0.6 is 0 Å². The number of nitrogens with zero attached hydrogens (tertiary/aromatic N) is 2. The van der Waals surface area contributed by atoms with Gasteiger partial charge in [-0.15, -0.1) is 0 Å². The van der Waals surface area contributed by atoms with Crippen molar-refractivity contribution in [1.29, 1.82) is 0 Å². The fourth-order valence-electron chi connectivity index (χ4n) is 0.633. The van der Waals surface area contributed by atoms with Crippen LogP contribution in [0, 0.1) is 0 Å². The molecule has 0 bridgehead atoms. The molecule has 5 nitrogen and oxygen atoms in total. The third-order valence-corrected chi connectivity index (χ3v) is 1.26. The van der Waals surface area contributed by atoms with Gasteiger partial charge in [-0.3, -0.25) is 0 Å². The van der Waals surface area contributed by atoms with E-state index in [1.807, 2.05) is 0 Å². The van der Waals surface area contributed by atoms with E-state index in [-0.39, 0.29) is 12.4 Å². The Labute approximate surface area is 69.0 Å². The lowest BCUT2D eigenvalue weighted by Gasteiger charge is -1.97. The Morgan fingerprint density at radius 3 is 2.58 bits per heavy atom. The highest BCUT2D eigenvalue weighted by molar-refractivity contribution is 5.84. The number of rotatable bonds is 2. The Morgan fingerprint density at radius 2 is 2.17 bits per heavy atom. The summed E-state index contributed by atoms with van der Waals surface area (Å²) < 4.78 is 4.38. The normalized spacial score (nSPS) is 9.50. The van der Waals surface area contributed by atoms with E-state index in [0.717, 1.165) is 0 Å². The number of esters is 1. The van der Waals surface area contributed by atoms with Crippen LogP contribution in [0.4, 0.5) is 0 Å². The van der Waals surface area contributed by atoms with Gasteiger partial charge in [-0.05, 0) is 0 Å². The van der Waals surface area contributed by atoms with Crippen LogP contribution in [0.25, 0.3) is 0 Å². The van der Waals surface area contributed by atoms with Gasteiger partial charge in [-0.2, -0.15) is 0 Å². The first-order valence-electron chi connectivity index (χ1n) is 3.28. The fraction of sp³-hybridized carbons (Fsp3) is 0.286.